The van der Waals surface area contributed by atoms with Gasteiger partial charge in [0.05, 0.1) is 10.0 Å². The number of anilines is 1. The molecule has 2 N–H and O–H groups in total. The molecule has 0 unspecified atom stereocenters. The highest BCUT2D eigenvalue weighted by Crippen LogP contribution is 2.28. The number of rotatable bonds is 1. The molecule has 2 nitrogen and oxygen atoms in total. The first-order valence-electron chi connectivity index (χ1n) is 2.92. The Hall–Kier alpha value is 0.0200. The number of nitrogens with two attached hydrogens (primary N) is 1. The average molecular weight is 349 g/mol. The molecular formula is C6H4BrF2IN2. The van der Waals surface area contributed by atoms with Crippen LogP contribution in [0.15, 0.2) is 10.5 Å². The van der Waals surface area contributed by atoms with Gasteiger partial charge in [-0.2, -0.15) is 0 Å². The molecule has 0 aliphatic carbocycles. The van der Waals surface area contributed by atoms with Crippen LogP contribution >= 0.6 is 38.5 Å². The molecule has 1 rings (SSSR count). The Morgan fingerprint density at radius 3 is 2.67 bits per heavy atom. The molecule has 0 spiro atoms. The van der Waals surface area contributed by atoms with Crippen LogP contribution in [0, 0.1) is 3.70 Å². The van der Waals surface area contributed by atoms with Crippen molar-refractivity contribution in [2.24, 2.45) is 0 Å². The number of pyridine rings is 1. The van der Waals surface area contributed by atoms with Crippen molar-refractivity contribution < 1.29 is 8.78 Å². The zero-order valence-electron chi connectivity index (χ0n) is 5.69. The van der Waals surface area contributed by atoms with E-state index in [1.165, 1.54) is 6.07 Å². The van der Waals surface area contributed by atoms with Crippen molar-refractivity contribution >= 4 is 44.3 Å². The first-order chi connectivity index (χ1) is 5.52. The van der Waals surface area contributed by atoms with Crippen LogP contribution in [-0.2, 0) is 0 Å². The van der Waals surface area contributed by atoms with Crippen LogP contribution in [0.2, 0.25) is 0 Å². The van der Waals surface area contributed by atoms with Gasteiger partial charge < -0.3 is 5.73 Å². The topological polar surface area (TPSA) is 38.9 Å². The molecule has 0 bridgehead atoms. The van der Waals surface area contributed by atoms with E-state index in [2.05, 4.69) is 20.9 Å². The summed E-state index contributed by atoms with van der Waals surface area (Å²) in [6.45, 7) is 0. The van der Waals surface area contributed by atoms with Gasteiger partial charge in [0, 0.05) is 0 Å². The molecule has 0 atom stereocenters. The van der Waals surface area contributed by atoms with E-state index >= 15 is 0 Å². The Balaban J connectivity index is 3.23. The van der Waals surface area contributed by atoms with Crippen molar-refractivity contribution in [3.8, 4) is 0 Å². The highest BCUT2D eigenvalue weighted by atomic mass is 127. The van der Waals surface area contributed by atoms with Gasteiger partial charge in [0.2, 0.25) is 0 Å². The highest BCUT2D eigenvalue weighted by Gasteiger charge is 2.14. The zero-order valence-corrected chi connectivity index (χ0v) is 9.43. The molecule has 66 valence electrons. The van der Waals surface area contributed by atoms with Gasteiger partial charge in [-0.3, -0.25) is 0 Å². The normalized spacial score (nSPS) is 10.8. The molecule has 0 radical (unpaired) electrons. The summed E-state index contributed by atoms with van der Waals surface area (Å²) in [6.07, 6.45) is -2.58. The summed E-state index contributed by atoms with van der Waals surface area (Å²) in [4.78, 5) is 3.73. The summed E-state index contributed by atoms with van der Waals surface area (Å²) in [5.41, 5.74) is 5.04. The predicted molar refractivity (Wildman–Crippen MR) is 54.0 cm³/mol. The number of alkyl halides is 2. The van der Waals surface area contributed by atoms with Crippen molar-refractivity contribution in [2.75, 3.05) is 5.73 Å². The lowest BCUT2D eigenvalue weighted by Gasteiger charge is -2.04. The molecule has 0 aliphatic heterocycles. The van der Waals surface area contributed by atoms with E-state index in [9.17, 15) is 8.78 Å². The molecule has 6 heteroatoms. The Kier molecular flexibility index (Phi) is 3.22. The predicted octanol–water partition coefficient (Wildman–Crippen LogP) is 2.97. The average Bonchev–Trinajstić information content (AvgIpc) is 1.96. The minimum atomic E-state index is -2.58. The van der Waals surface area contributed by atoms with E-state index in [-0.39, 0.29) is 11.4 Å². The monoisotopic (exact) mass is 348 g/mol. The van der Waals surface area contributed by atoms with Gasteiger partial charge in [-0.15, -0.1) is 0 Å². The summed E-state index contributed by atoms with van der Waals surface area (Å²) < 4.78 is 25.5. The van der Waals surface area contributed by atoms with Crippen LogP contribution in [-0.4, -0.2) is 4.98 Å². The van der Waals surface area contributed by atoms with E-state index in [1.54, 1.807) is 0 Å². The first kappa shape index (κ1) is 10.1. The summed E-state index contributed by atoms with van der Waals surface area (Å²) in [7, 11) is 0. The van der Waals surface area contributed by atoms with Gasteiger partial charge in [-0.25, -0.2) is 13.8 Å². The molecule has 0 saturated heterocycles. The lowest BCUT2D eigenvalue weighted by Crippen LogP contribution is -2.00. The van der Waals surface area contributed by atoms with Gasteiger partial charge >= 0.3 is 0 Å². The largest absolute Gasteiger partial charge is 0.383 e. The van der Waals surface area contributed by atoms with Crippen molar-refractivity contribution in [2.45, 2.75) is 6.43 Å². The summed E-state index contributed by atoms with van der Waals surface area (Å²) in [6, 6.07) is 1.29. The highest BCUT2D eigenvalue weighted by molar-refractivity contribution is 14.1. The Morgan fingerprint density at radius 2 is 2.17 bits per heavy atom. The number of halogens is 4. The summed E-state index contributed by atoms with van der Waals surface area (Å²) in [5, 5.41) is 0. The SMILES string of the molecule is Nc1nc(I)c(Br)cc1C(F)F. The molecule has 0 amide bonds. The maximum Gasteiger partial charge on any atom is 0.267 e. The van der Waals surface area contributed by atoms with Gasteiger partial charge in [0.25, 0.3) is 6.43 Å². The zero-order chi connectivity index (χ0) is 9.30. The Bertz CT molecular complexity index is 306. The number of hydrogen-bond donors (Lipinski definition) is 1. The minimum absolute atomic E-state index is 0.113. The third kappa shape index (κ3) is 2.03. The smallest absolute Gasteiger partial charge is 0.267 e. The first-order valence-corrected chi connectivity index (χ1v) is 4.79. The van der Waals surface area contributed by atoms with Crippen LogP contribution in [0.5, 0.6) is 0 Å². The molecule has 1 heterocycles. The van der Waals surface area contributed by atoms with E-state index < -0.39 is 6.43 Å². The fourth-order valence-corrected chi connectivity index (χ4v) is 1.42. The molecular weight excluding hydrogens is 345 g/mol. The van der Waals surface area contributed by atoms with Crippen LogP contribution in [0.1, 0.15) is 12.0 Å². The second-order valence-electron chi connectivity index (χ2n) is 2.04. The molecule has 12 heavy (non-hydrogen) atoms. The van der Waals surface area contributed by atoms with E-state index in [0.29, 0.717) is 8.17 Å². The molecule has 1 aromatic heterocycles. The maximum absolute atomic E-state index is 12.2. The molecule has 1 aromatic rings. The number of nitrogen functional groups attached to an aromatic ring is 1. The molecule has 0 saturated carbocycles. The molecule has 0 aliphatic rings. The third-order valence-electron chi connectivity index (χ3n) is 1.23. The maximum atomic E-state index is 12.2. The van der Waals surface area contributed by atoms with Crippen LogP contribution in [0.3, 0.4) is 0 Å². The van der Waals surface area contributed by atoms with Gasteiger partial charge in [-0.1, -0.05) is 0 Å². The van der Waals surface area contributed by atoms with E-state index in [0.717, 1.165) is 0 Å². The lowest BCUT2D eigenvalue weighted by atomic mass is 10.3. The standard InChI is InChI=1S/C6H4BrF2IN2/c7-3-1-2(4(8)9)6(11)12-5(3)10/h1,4H,(H2,11,12). The number of nitrogens with zero attached hydrogens (tertiary/aromatic N) is 1. The number of aromatic nitrogens is 1. The second-order valence-corrected chi connectivity index (χ2v) is 3.91. The minimum Gasteiger partial charge on any atom is -0.383 e. The molecule has 0 fully saturated rings. The lowest BCUT2D eigenvalue weighted by molar-refractivity contribution is 0.152. The van der Waals surface area contributed by atoms with E-state index in [1.807, 2.05) is 22.6 Å². The van der Waals surface area contributed by atoms with Crippen LogP contribution in [0.4, 0.5) is 14.6 Å². The Morgan fingerprint density at radius 1 is 1.58 bits per heavy atom. The quantitative estimate of drug-likeness (QED) is 0.626. The van der Waals surface area contributed by atoms with Crippen LogP contribution in [0.25, 0.3) is 0 Å². The fraction of sp³-hybridized carbons (Fsp3) is 0.167. The third-order valence-corrected chi connectivity index (χ3v) is 3.40. The van der Waals surface area contributed by atoms with E-state index in [4.69, 9.17) is 5.73 Å². The van der Waals surface area contributed by atoms with Gasteiger partial charge in [0.1, 0.15) is 9.52 Å². The van der Waals surface area contributed by atoms with Gasteiger partial charge in [-0.05, 0) is 44.6 Å². The summed E-state index contributed by atoms with van der Waals surface area (Å²) >= 11 is 5.00. The Labute approximate surface area is 89.8 Å². The van der Waals surface area contributed by atoms with Crippen molar-refractivity contribution in [3.63, 3.8) is 0 Å². The fourth-order valence-electron chi connectivity index (χ4n) is 0.669. The molecule has 0 aromatic carbocycles. The van der Waals surface area contributed by atoms with Gasteiger partial charge in [0.15, 0.2) is 0 Å². The van der Waals surface area contributed by atoms with Crippen molar-refractivity contribution in [1.82, 2.24) is 4.98 Å². The van der Waals surface area contributed by atoms with Crippen LogP contribution < -0.4 is 5.73 Å². The van der Waals surface area contributed by atoms with Crippen molar-refractivity contribution in [3.05, 3.63) is 19.8 Å². The van der Waals surface area contributed by atoms with Crippen molar-refractivity contribution in [1.29, 1.82) is 0 Å². The number of hydrogen-bond acceptors (Lipinski definition) is 2. The second kappa shape index (κ2) is 3.82. The summed E-state index contributed by atoms with van der Waals surface area (Å²) in [5.74, 6) is -0.113.